The van der Waals surface area contributed by atoms with Crippen molar-refractivity contribution in [3.63, 3.8) is 0 Å². The predicted molar refractivity (Wildman–Crippen MR) is 86.7 cm³/mol. The molecule has 0 amide bonds. The Bertz CT molecular complexity index is 696. The first-order valence-electron chi connectivity index (χ1n) is 7.87. The molecule has 1 N–H and O–H groups in total. The minimum Gasteiger partial charge on any atom is -0.310 e. The zero-order valence-electron chi connectivity index (χ0n) is 12.1. The fraction of sp³-hybridized carbons (Fsp3) is 0.500. The normalized spacial score (nSPS) is 19.0. The molecule has 5 heteroatoms. The lowest BCUT2D eigenvalue weighted by atomic mass is 9.95. The number of para-hydroxylation sites is 1. The first-order valence-corrected chi connectivity index (χ1v) is 8.28. The van der Waals surface area contributed by atoms with E-state index in [9.17, 15) is 0 Å². The van der Waals surface area contributed by atoms with Crippen molar-refractivity contribution in [3.8, 4) is 0 Å². The average Bonchev–Trinajstić information content (AvgIpc) is 3.11. The van der Waals surface area contributed by atoms with Crippen LogP contribution in [0.2, 0.25) is 0 Å². The second-order valence-corrected chi connectivity index (χ2v) is 6.41. The van der Waals surface area contributed by atoms with Crippen LogP contribution < -0.4 is 4.90 Å². The molecule has 0 atom stereocenters. The molecular weight excluding hydrogens is 280 g/mol. The third kappa shape index (κ3) is 2.20. The Morgan fingerprint density at radius 2 is 1.95 bits per heavy atom. The molecule has 0 radical (unpaired) electrons. The third-order valence-electron chi connectivity index (χ3n) is 4.75. The molecule has 0 bridgehead atoms. The first kappa shape index (κ1) is 13.1. The second-order valence-electron chi connectivity index (χ2n) is 6.02. The van der Waals surface area contributed by atoms with Gasteiger partial charge in [0, 0.05) is 18.3 Å². The van der Waals surface area contributed by atoms with Crippen LogP contribution in [0.3, 0.4) is 0 Å². The fourth-order valence-corrected chi connectivity index (χ4v) is 3.98. The molecule has 1 aromatic heterocycles. The van der Waals surface area contributed by atoms with Gasteiger partial charge in [-0.05, 0) is 43.1 Å². The zero-order chi connectivity index (χ0) is 14.2. The number of aromatic nitrogens is 3. The largest absolute Gasteiger partial charge is 0.310 e. The molecule has 1 aliphatic heterocycles. The number of rotatable bonds is 2. The van der Waals surface area contributed by atoms with E-state index < -0.39 is 0 Å². The number of hydrogen-bond donors (Lipinski definition) is 1. The molecular formula is C16H20N4S. The summed E-state index contributed by atoms with van der Waals surface area (Å²) >= 11 is 5.51. The van der Waals surface area contributed by atoms with Crippen LogP contribution in [-0.2, 0) is 6.42 Å². The maximum Gasteiger partial charge on any atom is 0.230 e. The van der Waals surface area contributed by atoms with Gasteiger partial charge in [-0.3, -0.25) is 4.57 Å². The van der Waals surface area contributed by atoms with Gasteiger partial charge in [0.2, 0.25) is 5.95 Å². The van der Waals surface area contributed by atoms with E-state index in [-0.39, 0.29) is 0 Å². The van der Waals surface area contributed by atoms with Gasteiger partial charge < -0.3 is 4.90 Å². The van der Waals surface area contributed by atoms with E-state index in [4.69, 9.17) is 12.2 Å². The summed E-state index contributed by atoms with van der Waals surface area (Å²) in [5.74, 6) is 0.997. The van der Waals surface area contributed by atoms with E-state index in [1.54, 1.807) is 0 Å². The molecule has 2 heterocycles. The van der Waals surface area contributed by atoms with Gasteiger partial charge in [-0.25, -0.2) is 5.10 Å². The van der Waals surface area contributed by atoms with E-state index in [0.29, 0.717) is 6.04 Å². The van der Waals surface area contributed by atoms with Crippen LogP contribution in [0.4, 0.5) is 11.6 Å². The average molecular weight is 300 g/mol. The number of nitrogens with zero attached hydrogens (tertiary/aromatic N) is 3. The van der Waals surface area contributed by atoms with Gasteiger partial charge in [0.05, 0.1) is 0 Å². The van der Waals surface area contributed by atoms with Crippen LogP contribution in [0.1, 0.15) is 43.7 Å². The summed E-state index contributed by atoms with van der Waals surface area (Å²) in [6.07, 6.45) is 7.47. The molecule has 1 saturated carbocycles. The molecule has 2 aliphatic rings. The van der Waals surface area contributed by atoms with Crippen LogP contribution in [0.25, 0.3) is 0 Å². The van der Waals surface area contributed by atoms with Crippen molar-refractivity contribution < 1.29 is 0 Å². The summed E-state index contributed by atoms with van der Waals surface area (Å²) in [4.78, 5) is 2.32. The van der Waals surface area contributed by atoms with Crippen molar-refractivity contribution in [2.24, 2.45) is 0 Å². The predicted octanol–water partition coefficient (Wildman–Crippen LogP) is 4.14. The SMILES string of the molecule is S=c1[nH]nc(N2CCc3ccccc32)n1C1CCCCC1. The lowest BCUT2D eigenvalue weighted by Gasteiger charge is -2.27. The molecule has 21 heavy (non-hydrogen) atoms. The number of benzene rings is 1. The molecule has 110 valence electrons. The van der Waals surface area contributed by atoms with Crippen molar-refractivity contribution in [3.05, 3.63) is 34.6 Å². The summed E-state index contributed by atoms with van der Waals surface area (Å²) in [5, 5.41) is 7.56. The summed E-state index contributed by atoms with van der Waals surface area (Å²) < 4.78 is 3.03. The first-order chi connectivity index (χ1) is 10.3. The molecule has 1 fully saturated rings. The molecule has 1 aliphatic carbocycles. The highest BCUT2D eigenvalue weighted by atomic mass is 32.1. The Kier molecular flexibility index (Phi) is 3.30. The lowest BCUT2D eigenvalue weighted by molar-refractivity contribution is 0.351. The van der Waals surface area contributed by atoms with Gasteiger partial charge in [0.15, 0.2) is 4.77 Å². The molecule has 2 aromatic rings. The van der Waals surface area contributed by atoms with Crippen molar-refractivity contribution in [1.82, 2.24) is 14.8 Å². The van der Waals surface area contributed by atoms with Crippen molar-refractivity contribution in [2.75, 3.05) is 11.4 Å². The van der Waals surface area contributed by atoms with E-state index >= 15 is 0 Å². The molecule has 1 aromatic carbocycles. The van der Waals surface area contributed by atoms with Gasteiger partial charge in [0.25, 0.3) is 0 Å². The van der Waals surface area contributed by atoms with Gasteiger partial charge >= 0.3 is 0 Å². The van der Waals surface area contributed by atoms with Crippen LogP contribution in [0, 0.1) is 4.77 Å². The van der Waals surface area contributed by atoms with Gasteiger partial charge in [-0.15, -0.1) is 5.10 Å². The highest BCUT2D eigenvalue weighted by molar-refractivity contribution is 7.71. The monoisotopic (exact) mass is 300 g/mol. The Labute approximate surface area is 129 Å². The maximum atomic E-state index is 5.51. The van der Waals surface area contributed by atoms with Gasteiger partial charge in [0.1, 0.15) is 0 Å². The van der Waals surface area contributed by atoms with E-state index in [1.165, 1.54) is 43.4 Å². The van der Waals surface area contributed by atoms with Crippen molar-refractivity contribution >= 4 is 23.9 Å². The minimum atomic E-state index is 0.507. The molecule has 0 unspecified atom stereocenters. The van der Waals surface area contributed by atoms with E-state index in [1.807, 2.05) is 0 Å². The Balaban J connectivity index is 1.75. The minimum absolute atomic E-state index is 0.507. The summed E-state index contributed by atoms with van der Waals surface area (Å²) in [5.41, 5.74) is 2.69. The van der Waals surface area contributed by atoms with Crippen LogP contribution in [0.15, 0.2) is 24.3 Å². The van der Waals surface area contributed by atoms with Gasteiger partial charge in [-0.1, -0.05) is 37.5 Å². The van der Waals surface area contributed by atoms with Crippen LogP contribution in [0.5, 0.6) is 0 Å². The van der Waals surface area contributed by atoms with Crippen molar-refractivity contribution in [2.45, 2.75) is 44.6 Å². The lowest BCUT2D eigenvalue weighted by Crippen LogP contribution is -2.22. The zero-order valence-corrected chi connectivity index (χ0v) is 12.9. The fourth-order valence-electron chi connectivity index (χ4n) is 3.70. The highest BCUT2D eigenvalue weighted by Gasteiger charge is 2.27. The second kappa shape index (κ2) is 5.30. The topological polar surface area (TPSA) is 36.9 Å². The molecule has 4 rings (SSSR count). The number of nitrogens with one attached hydrogen (secondary N) is 1. The summed E-state index contributed by atoms with van der Waals surface area (Å²) in [6, 6.07) is 9.12. The maximum absolute atomic E-state index is 5.51. The Morgan fingerprint density at radius 1 is 1.14 bits per heavy atom. The third-order valence-corrected chi connectivity index (χ3v) is 5.04. The molecule has 0 spiro atoms. The number of H-pyrrole nitrogens is 1. The van der Waals surface area contributed by atoms with Crippen molar-refractivity contribution in [1.29, 1.82) is 0 Å². The Hall–Kier alpha value is -1.62. The summed E-state index contributed by atoms with van der Waals surface area (Å²) in [6.45, 7) is 0.992. The summed E-state index contributed by atoms with van der Waals surface area (Å²) in [7, 11) is 0. The van der Waals surface area contributed by atoms with E-state index in [0.717, 1.165) is 23.7 Å². The standard InChI is InChI=1S/C16H20N4S/c21-16-18-17-15(20(16)13-7-2-1-3-8-13)19-11-10-12-6-4-5-9-14(12)19/h4-6,9,13H,1-3,7-8,10-11H2,(H,18,21). The Morgan fingerprint density at radius 3 is 2.81 bits per heavy atom. The van der Waals surface area contributed by atoms with Crippen LogP contribution in [-0.4, -0.2) is 21.3 Å². The van der Waals surface area contributed by atoms with Gasteiger partial charge in [-0.2, -0.15) is 0 Å². The molecule has 0 saturated heterocycles. The number of aromatic amines is 1. The van der Waals surface area contributed by atoms with Crippen LogP contribution >= 0.6 is 12.2 Å². The highest BCUT2D eigenvalue weighted by Crippen LogP contribution is 2.37. The quantitative estimate of drug-likeness (QED) is 0.847. The number of anilines is 2. The number of fused-ring (bicyclic) bond motifs is 1. The molecule has 4 nitrogen and oxygen atoms in total. The number of hydrogen-bond acceptors (Lipinski definition) is 3. The smallest absolute Gasteiger partial charge is 0.230 e. The van der Waals surface area contributed by atoms with E-state index in [2.05, 4.69) is 43.9 Å².